The summed E-state index contributed by atoms with van der Waals surface area (Å²) in [7, 11) is 0. The molecule has 0 saturated heterocycles. The summed E-state index contributed by atoms with van der Waals surface area (Å²) in [6, 6.07) is 10.8. The van der Waals surface area contributed by atoms with E-state index in [0.29, 0.717) is 11.8 Å². The summed E-state index contributed by atoms with van der Waals surface area (Å²) in [5, 5.41) is 2.60. The fraction of sp³-hybridized carbons (Fsp3) is 0.375. The molecule has 0 heterocycles. The van der Waals surface area contributed by atoms with Crippen molar-refractivity contribution in [2.45, 2.75) is 39.5 Å². The molecule has 2 aromatic carbocycles. The number of nitrogen functional groups attached to an aromatic ring is 1. The Labute approximate surface area is 116 Å². The second-order valence-electron chi connectivity index (χ2n) is 5.32. The Balaban J connectivity index is 0.00000162. The van der Waals surface area contributed by atoms with E-state index in [4.69, 9.17) is 5.73 Å². The zero-order valence-corrected chi connectivity index (χ0v) is 12.3. The number of hydrogen-bond acceptors (Lipinski definition) is 1. The fourth-order valence-corrected chi connectivity index (χ4v) is 2.51. The first kappa shape index (κ1) is 14.8. The zero-order chi connectivity index (χ0) is 12.6. The Hall–Kier alpha value is -1.21. The van der Waals surface area contributed by atoms with Crippen LogP contribution in [0.1, 0.15) is 50.7 Å². The maximum atomic E-state index is 6.35. The van der Waals surface area contributed by atoms with Crippen LogP contribution in [-0.4, -0.2) is 0 Å². The van der Waals surface area contributed by atoms with Gasteiger partial charge in [0.25, 0.3) is 0 Å². The molecule has 0 unspecified atom stereocenters. The molecule has 0 bridgehead atoms. The third-order valence-corrected chi connectivity index (χ3v) is 3.36. The van der Waals surface area contributed by atoms with E-state index in [1.807, 2.05) is 0 Å². The summed E-state index contributed by atoms with van der Waals surface area (Å²) in [4.78, 5) is 0. The highest BCUT2D eigenvalue weighted by molar-refractivity contribution is 5.92. The summed E-state index contributed by atoms with van der Waals surface area (Å²) in [6.07, 6.45) is 0. The first-order valence-corrected chi connectivity index (χ1v) is 6.33. The number of nitrogens with two attached hydrogens (primary N) is 1. The minimum atomic E-state index is 0. The van der Waals surface area contributed by atoms with Crippen LogP contribution in [0.25, 0.3) is 10.8 Å². The monoisotopic (exact) mass is 263 g/mol. The molecular formula is C16H22ClN. The van der Waals surface area contributed by atoms with Crippen LogP contribution in [0.4, 0.5) is 5.69 Å². The molecule has 0 aliphatic rings. The number of benzene rings is 2. The summed E-state index contributed by atoms with van der Waals surface area (Å²) >= 11 is 0. The van der Waals surface area contributed by atoms with Crippen molar-refractivity contribution in [2.24, 2.45) is 0 Å². The van der Waals surface area contributed by atoms with Gasteiger partial charge < -0.3 is 5.73 Å². The lowest BCUT2D eigenvalue weighted by molar-refractivity contribution is 0.847. The van der Waals surface area contributed by atoms with E-state index in [1.54, 1.807) is 0 Å². The van der Waals surface area contributed by atoms with E-state index in [-0.39, 0.29) is 12.4 Å². The predicted molar refractivity (Wildman–Crippen MR) is 83.8 cm³/mol. The molecule has 0 saturated carbocycles. The minimum absolute atomic E-state index is 0. The third kappa shape index (κ3) is 2.46. The average molecular weight is 264 g/mol. The Morgan fingerprint density at radius 2 is 1.56 bits per heavy atom. The van der Waals surface area contributed by atoms with Crippen molar-refractivity contribution in [3.05, 3.63) is 41.5 Å². The molecule has 2 aromatic rings. The van der Waals surface area contributed by atoms with Crippen molar-refractivity contribution in [1.82, 2.24) is 0 Å². The quantitative estimate of drug-likeness (QED) is 0.751. The lowest BCUT2D eigenvalue weighted by Crippen LogP contribution is -2.04. The van der Waals surface area contributed by atoms with Crippen LogP contribution >= 0.6 is 12.4 Å². The maximum absolute atomic E-state index is 6.35. The first-order valence-electron chi connectivity index (χ1n) is 6.33. The fourth-order valence-electron chi connectivity index (χ4n) is 2.51. The summed E-state index contributed by atoms with van der Waals surface area (Å²) in [5.74, 6) is 0.927. The Bertz CT molecular complexity index is 544. The van der Waals surface area contributed by atoms with E-state index in [0.717, 1.165) is 5.69 Å². The molecular weight excluding hydrogens is 242 g/mol. The Morgan fingerprint density at radius 1 is 0.944 bits per heavy atom. The SMILES string of the molecule is CC(C)c1cc2ccccc2c(C(C)C)c1N.Cl. The summed E-state index contributed by atoms with van der Waals surface area (Å²) in [5.41, 5.74) is 9.90. The summed E-state index contributed by atoms with van der Waals surface area (Å²) < 4.78 is 0. The zero-order valence-electron chi connectivity index (χ0n) is 11.5. The molecule has 0 radical (unpaired) electrons. The van der Waals surface area contributed by atoms with Crippen molar-refractivity contribution in [3.8, 4) is 0 Å². The van der Waals surface area contributed by atoms with Crippen molar-refractivity contribution >= 4 is 28.9 Å². The van der Waals surface area contributed by atoms with Gasteiger partial charge in [0.2, 0.25) is 0 Å². The molecule has 18 heavy (non-hydrogen) atoms. The second-order valence-corrected chi connectivity index (χ2v) is 5.32. The van der Waals surface area contributed by atoms with E-state index in [9.17, 15) is 0 Å². The van der Waals surface area contributed by atoms with Crippen LogP contribution < -0.4 is 5.73 Å². The number of fused-ring (bicyclic) bond motifs is 1. The molecule has 0 aliphatic heterocycles. The summed E-state index contributed by atoms with van der Waals surface area (Å²) in [6.45, 7) is 8.82. The third-order valence-electron chi connectivity index (χ3n) is 3.36. The molecule has 0 amide bonds. The van der Waals surface area contributed by atoms with Gasteiger partial charge in [0.15, 0.2) is 0 Å². The molecule has 0 aliphatic carbocycles. The van der Waals surface area contributed by atoms with E-state index >= 15 is 0 Å². The molecule has 0 aromatic heterocycles. The van der Waals surface area contributed by atoms with Gasteiger partial charge in [-0.25, -0.2) is 0 Å². The van der Waals surface area contributed by atoms with Crippen LogP contribution in [0.15, 0.2) is 30.3 Å². The van der Waals surface area contributed by atoms with Crippen molar-refractivity contribution in [2.75, 3.05) is 5.73 Å². The highest BCUT2D eigenvalue weighted by atomic mass is 35.5. The average Bonchev–Trinajstić information content (AvgIpc) is 2.27. The van der Waals surface area contributed by atoms with E-state index in [2.05, 4.69) is 58.0 Å². The number of rotatable bonds is 2. The van der Waals surface area contributed by atoms with Crippen LogP contribution in [0, 0.1) is 0 Å². The van der Waals surface area contributed by atoms with Crippen LogP contribution in [-0.2, 0) is 0 Å². The molecule has 2 rings (SSSR count). The number of anilines is 1. The number of hydrogen-bond donors (Lipinski definition) is 1. The van der Waals surface area contributed by atoms with Crippen molar-refractivity contribution in [3.63, 3.8) is 0 Å². The highest BCUT2D eigenvalue weighted by Gasteiger charge is 2.15. The largest absolute Gasteiger partial charge is 0.398 e. The van der Waals surface area contributed by atoms with Crippen LogP contribution in [0.3, 0.4) is 0 Å². The van der Waals surface area contributed by atoms with Gasteiger partial charge in [-0.15, -0.1) is 12.4 Å². The topological polar surface area (TPSA) is 26.0 Å². The molecule has 98 valence electrons. The van der Waals surface area contributed by atoms with Gasteiger partial charge in [-0.1, -0.05) is 52.0 Å². The minimum Gasteiger partial charge on any atom is -0.398 e. The van der Waals surface area contributed by atoms with Gasteiger partial charge in [-0.3, -0.25) is 0 Å². The molecule has 2 heteroatoms. The molecule has 0 fully saturated rings. The second kappa shape index (κ2) is 5.62. The first-order chi connectivity index (χ1) is 8.02. The lowest BCUT2D eigenvalue weighted by atomic mass is 9.88. The molecule has 1 nitrogen and oxygen atoms in total. The van der Waals surface area contributed by atoms with Gasteiger partial charge >= 0.3 is 0 Å². The standard InChI is InChI=1S/C16H21N.ClH/c1-10(2)14-9-12-7-5-6-8-13(12)15(11(3)4)16(14)17;/h5-11H,17H2,1-4H3;1H. The van der Waals surface area contributed by atoms with Crippen LogP contribution in [0.5, 0.6) is 0 Å². The van der Waals surface area contributed by atoms with Crippen molar-refractivity contribution < 1.29 is 0 Å². The van der Waals surface area contributed by atoms with Gasteiger partial charge in [0.1, 0.15) is 0 Å². The van der Waals surface area contributed by atoms with E-state index in [1.165, 1.54) is 21.9 Å². The van der Waals surface area contributed by atoms with Gasteiger partial charge in [0.05, 0.1) is 0 Å². The van der Waals surface area contributed by atoms with Gasteiger partial charge in [-0.05, 0) is 39.8 Å². The van der Waals surface area contributed by atoms with Gasteiger partial charge in [-0.2, -0.15) is 0 Å². The normalized spacial score (nSPS) is 11.0. The number of halogens is 1. The molecule has 0 atom stereocenters. The highest BCUT2D eigenvalue weighted by Crippen LogP contribution is 2.36. The van der Waals surface area contributed by atoms with E-state index < -0.39 is 0 Å². The Morgan fingerprint density at radius 3 is 2.11 bits per heavy atom. The van der Waals surface area contributed by atoms with Gasteiger partial charge in [0, 0.05) is 5.69 Å². The smallest absolute Gasteiger partial charge is 0.0390 e. The molecule has 2 N–H and O–H groups in total. The molecule has 0 spiro atoms. The van der Waals surface area contributed by atoms with Crippen molar-refractivity contribution in [1.29, 1.82) is 0 Å². The lowest BCUT2D eigenvalue weighted by Gasteiger charge is -2.19. The predicted octanol–water partition coefficient (Wildman–Crippen LogP) is 5.09. The van der Waals surface area contributed by atoms with Crippen LogP contribution in [0.2, 0.25) is 0 Å². The Kier molecular flexibility index (Phi) is 4.64. The maximum Gasteiger partial charge on any atom is 0.0390 e.